The largest absolute Gasteiger partial charge is 0.393 e. The van der Waals surface area contributed by atoms with E-state index in [0.717, 1.165) is 31.6 Å². The average molecular weight is 304 g/mol. The van der Waals surface area contributed by atoms with Crippen LogP contribution in [0.4, 0.5) is 5.69 Å². The highest BCUT2D eigenvalue weighted by molar-refractivity contribution is 5.95. The number of benzene rings is 1. The third kappa shape index (κ3) is 4.55. The maximum Gasteiger partial charge on any atom is 0.227 e. The Labute approximate surface area is 133 Å². The van der Waals surface area contributed by atoms with Crippen molar-refractivity contribution in [3.63, 3.8) is 0 Å². The second-order valence-corrected chi connectivity index (χ2v) is 6.56. The first kappa shape index (κ1) is 17.0. The number of hydrogen-bond acceptors (Lipinski definition) is 3. The van der Waals surface area contributed by atoms with Crippen LogP contribution in [-0.4, -0.2) is 30.2 Å². The summed E-state index contributed by atoms with van der Waals surface area (Å²) < 4.78 is 0. The number of anilines is 1. The van der Waals surface area contributed by atoms with Gasteiger partial charge in [0.1, 0.15) is 0 Å². The first-order chi connectivity index (χ1) is 10.5. The quantitative estimate of drug-likeness (QED) is 0.814. The standard InChI is InChI=1S/C18H28N2O2/c1-13(10-14(2)21)12-19-15(3)16-6-4-7-17(11-16)20-9-5-8-18(20)22/h4,6-7,11,13-15,19,21H,5,8-10,12H2,1-3H3. The number of rotatable bonds is 7. The molecule has 1 amide bonds. The van der Waals surface area contributed by atoms with Gasteiger partial charge in [-0.05, 0) is 56.8 Å². The molecule has 0 spiro atoms. The molecule has 1 saturated heterocycles. The van der Waals surface area contributed by atoms with Gasteiger partial charge < -0.3 is 15.3 Å². The minimum absolute atomic E-state index is 0.225. The number of nitrogens with one attached hydrogen (secondary N) is 1. The Balaban J connectivity index is 1.95. The molecule has 3 unspecified atom stereocenters. The van der Waals surface area contributed by atoms with Crippen molar-refractivity contribution in [3.05, 3.63) is 29.8 Å². The number of nitrogens with zero attached hydrogens (tertiary/aromatic N) is 1. The van der Waals surface area contributed by atoms with E-state index in [1.54, 1.807) is 0 Å². The van der Waals surface area contributed by atoms with Crippen LogP contribution in [-0.2, 0) is 4.79 Å². The van der Waals surface area contributed by atoms with Gasteiger partial charge in [-0.1, -0.05) is 19.1 Å². The topological polar surface area (TPSA) is 52.6 Å². The molecule has 4 nitrogen and oxygen atoms in total. The van der Waals surface area contributed by atoms with Crippen LogP contribution in [0, 0.1) is 5.92 Å². The summed E-state index contributed by atoms with van der Waals surface area (Å²) in [5, 5.41) is 12.9. The van der Waals surface area contributed by atoms with Crippen molar-refractivity contribution in [1.29, 1.82) is 0 Å². The minimum atomic E-state index is -0.253. The van der Waals surface area contributed by atoms with Crippen LogP contribution in [0.15, 0.2) is 24.3 Å². The summed E-state index contributed by atoms with van der Waals surface area (Å²) >= 11 is 0. The van der Waals surface area contributed by atoms with Crippen LogP contribution in [0.1, 0.15) is 51.6 Å². The van der Waals surface area contributed by atoms with Crippen molar-refractivity contribution in [1.82, 2.24) is 5.32 Å². The highest BCUT2D eigenvalue weighted by Gasteiger charge is 2.22. The molecule has 1 aromatic rings. The number of amides is 1. The first-order valence-electron chi connectivity index (χ1n) is 8.29. The van der Waals surface area contributed by atoms with Gasteiger partial charge in [0.15, 0.2) is 0 Å². The second-order valence-electron chi connectivity index (χ2n) is 6.56. The van der Waals surface area contributed by atoms with E-state index in [1.165, 1.54) is 5.56 Å². The fourth-order valence-electron chi connectivity index (χ4n) is 3.04. The monoisotopic (exact) mass is 304 g/mol. The van der Waals surface area contributed by atoms with E-state index in [0.29, 0.717) is 12.3 Å². The van der Waals surface area contributed by atoms with Crippen LogP contribution in [0.5, 0.6) is 0 Å². The van der Waals surface area contributed by atoms with Crippen molar-refractivity contribution in [3.8, 4) is 0 Å². The van der Waals surface area contributed by atoms with Gasteiger partial charge in [0.25, 0.3) is 0 Å². The third-order valence-corrected chi connectivity index (χ3v) is 4.27. The zero-order valence-electron chi connectivity index (χ0n) is 13.9. The van der Waals surface area contributed by atoms with Gasteiger partial charge in [-0.25, -0.2) is 0 Å². The molecule has 0 radical (unpaired) electrons. The van der Waals surface area contributed by atoms with E-state index in [1.807, 2.05) is 24.0 Å². The summed E-state index contributed by atoms with van der Waals surface area (Å²) in [5.74, 6) is 0.661. The van der Waals surface area contributed by atoms with Crippen molar-refractivity contribution in [2.75, 3.05) is 18.0 Å². The van der Waals surface area contributed by atoms with E-state index in [-0.39, 0.29) is 18.1 Å². The summed E-state index contributed by atoms with van der Waals surface area (Å²) in [5.41, 5.74) is 2.20. The lowest BCUT2D eigenvalue weighted by Crippen LogP contribution is -2.27. The van der Waals surface area contributed by atoms with Gasteiger partial charge >= 0.3 is 0 Å². The molecule has 122 valence electrons. The fourth-order valence-corrected chi connectivity index (χ4v) is 3.04. The van der Waals surface area contributed by atoms with Gasteiger partial charge in [-0.2, -0.15) is 0 Å². The SMILES string of the molecule is CC(O)CC(C)CNC(C)c1cccc(N2CCCC2=O)c1. The van der Waals surface area contributed by atoms with E-state index in [4.69, 9.17) is 0 Å². The molecular formula is C18H28N2O2. The molecule has 3 atom stereocenters. The molecule has 1 fully saturated rings. The lowest BCUT2D eigenvalue weighted by atomic mass is 10.0. The Kier molecular flexibility index (Phi) is 5.98. The number of aliphatic hydroxyl groups excluding tert-OH is 1. The predicted molar refractivity (Wildman–Crippen MR) is 89.9 cm³/mol. The molecule has 2 rings (SSSR count). The summed E-state index contributed by atoms with van der Waals surface area (Å²) in [4.78, 5) is 13.7. The second kappa shape index (κ2) is 7.75. The van der Waals surface area contributed by atoms with Crippen LogP contribution < -0.4 is 10.2 Å². The molecule has 1 aliphatic heterocycles. The van der Waals surface area contributed by atoms with Crippen molar-refractivity contribution in [2.45, 2.75) is 52.2 Å². The average Bonchev–Trinajstić information content (AvgIpc) is 2.90. The molecule has 0 aliphatic carbocycles. The zero-order chi connectivity index (χ0) is 16.1. The number of carbonyl (C=O) groups is 1. The van der Waals surface area contributed by atoms with Gasteiger partial charge in [0.05, 0.1) is 6.10 Å². The Morgan fingerprint density at radius 1 is 1.32 bits per heavy atom. The molecular weight excluding hydrogens is 276 g/mol. The van der Waals surface area contributed by atoms with Gasteiger partial charge in [0.2, 0.25) is 5.91 Å². The molecule has 1 aliphatic rings. The molecule has 0 bridgehead atoms. The fraction of sp³-hybridized carbons (Fsp3) is 0.611. The Hall–Kier alpha value is -1.39. The first-order valence-corrected chi connectivity index (χ1v) is 8.29. The Morgan fingerprint density at radius 3 is 2.73 bits per heavy atom. The maximum absolute atomic E-state index is 11.9. The lowest BCUT2D eigenvalue weighted by Gasteiger charge is -2.21. The number of carbonyl (C=O) groups excluding carboxylic acids is 1. The molecule has 4 heteroatoms. The van der Waals surface area contributed by atoms with Crippen LogP contribution in [0.25, 0.3) is 0 Å². The summed E-state index contributed by atoms with van der Waals surface area (Å²) in [6, 6.07) is 8.47. The predicted octanol–water partition coefficient (Wildman–Crippen LogP) is 2.87. The number of hydrogen-bond donors (Lipinski definition) is 2. The molecule has 0 aromatic heterocycles. The lowest BCUT2D eigenvalue weighted by molar-refractivity contribution is -0.117. The summed E-state index contributed by atoms with van der Waals surface area (Å²) in [6.45, 7) is 7.82. The summed E-state index contributed by atoms with van der Waals surface area (Å²) in [6.07, 6.45) is 2.17. The molecule has 1 aromatic carbocycles. The zero-order valence-corrected chi connectivity index (χ0v) is 13.9. The Morgan fingerprint density at radius 2 is 2.09 bits per heavy atom. The minimum Gasteiger partial charge on any atom is -0.393 e. The molecule has 22 heavy (non-hydrogen) atoms. The smallest absolute Gasteiger partial charge is 0.227 e. The summed E-state index contributed by atoms with van der Waals surface area (Å²) in [7, 11) is 0. The van der Waals surface area contributed by atoms with Crippen molar-refractivity contribution >= 4 is 11.6 Å². The van der Waals surface area contributed by atoms with Crippen LogP contribution in [0.3, 0.4) is 0 Å². The van der Waals surface area contributed by atoms with Crippen LogP contribution >= 0.6 is 0 Å². The van der Waals surface area contributed by atoms with Crippen molar-refractivity contribution in [2.24, 2.45) is 5.92 Å². The van der Waals surface area contributed by atoms with Gasteiger partial charge in [0, 0.05) is 24.7 Å². The maximum atomic E-state index is 11.9. The molecule has 0 saturated carbocycles. The van der Waals surface area contributed by atoms with Gasteiger partial charge in [-0.15, -0.1) is 0 Å². The highest BCUT2D eigenvalue weighted by Crippen LogP contribution is 2.24. The van der Waals surface area contributed by atoms with Crippen LogP contribution in [0.2, 0.25) is 0 Å². The molecule has 2 N–H and O–H groups in total. The van der Waals surface area contributed by atoms with Gasteiger partial charge in [-0.3, -0.25) is 4.79 Å². The van der Waals surface area contributed by atoms with E-state index < -0.39 is 0 Å². The van der Waals surface area contributed by atoms with Crippen molar-refractivity contribution < 1.29 is 9.90 Å². The highest BCUT2D eigenvalue weighted by atomic mass is 16.3. The van der Waals surface area contributed by atoms with E-state index >= 15 is 0 Å². The Bertz CT molecular complexity index is 502. The van der Waals surface area contributed by atoms with E-state index in [2.05, 4.69) is 31.3 Å². The third-order valence-electron chi connectivity index (χ3n) is 4.27. The molecule has 1 heterocycles. The normalized spacial score (nSPS) is 19.3. The number of aliphatic hydroxyl groups is 1. The van der Waals surface area contributed by atoms with E-state index in [9.17, 15) is 9.90 Å².